The van der Waals surface area contributed by atoms with E-state index in [4.69, 9.17) is 23.8 Å². The van der Waals surface area contributed by atoms with Crippen LogP contribution in [0.15, 0.2) is 54.6 Å². The molecule has 3 aromatic rings. The normalized spacial score (nSPS) is 10.5. The fourth-order valence-electron chi connectivity index (χ4n) is 2.51. The molecule has 0 aliphatic carbocycles. The van der Waals surface area contributed by atoms with Crippen molar-refractivity contribution in [2.24, 2.45) is 0 Å². The van der Waals surface area contributed by atoms with Gasteiger partial charge >= 0.3 is 0 Å². The minimum atomic E-state index is -0.375. The Morgan fingerprint density at radius 2 is 1.92 bits per heavy atom. The molecule has 1 amide bonds. The van der Waals surface area contributed by atoms with Crippen LogP contribution in [0.2, 0.25) is 5.02 Å². The Kier molecular flexibility index (Phi) is 4.88. The number of halogens is 1. The topological polar surface area (TPSA) is 61.4 Å². The Bertz CT molecular complexity index is 988. The van der Waals surface area contributed by atoms with E-state index in [0.29, 0.717) is 10.6 Å². The van der Waals surface area contributed by atoms with Crippen molar-refractivity contribution >= 4 is 51.3 Å². The fraction of sp³-hybridized carbons (Fsp3) is 0.0526. The molecular weight excluding hydrogens is 356 g/mol. The molecule has 3 N–H and O–H groups in total. The highest BCUT2D eigenvalue weighted by Gasteiger charge is 2.12. The van der Waals surface area contributed by atoms with E-state index in [-0.39, 0.29) is 16.8 Å². The molecule has 0 spiro atoms. The van der Waals surface area contributed by atoms with Crippen molar-refractivity contribution in [3.8, 4) is 5.75 Å². The van der Waals surface area contributed by atoms with E-state index in [1.165, 1.54) is 0 Å². The van der Waals surface area contributed by atoms with Crippen molar-refractivity contribution in [3.63, 3.8) is 0 Å². The second-order valence-electron chi connectivity index (χ2n) is 5.60. The third kappa shape index (κ3) is 3.90. The lowest BCUT2D eigenvalue weighted by Gasteiger charge is -2.12. The molecule has 0 unspecified atom stereocenters. The number of thiocarbonyl (C=S) groups is 1. The summed E-state index contributed by atoms with van der Waals surface area (Å²) < 4.78 is 0. The highest BCUT2D eigenvalue weighted by molar-refractivity contribution is 7.80. The SMILES string of the molecule is Cc1ccc(C(=O)NC(=S)Nc2cccc3cc(O)ccc23)c(Cl)c1. The van der Waals surface area contributed by atoms with Gasteiger partial charge in [0.15, 0.2) is 5.11 Å². The molecule has 6 heteroatoms. The maximum Gasteiger partial charge on any atom is 0.258 e. The number of phenolic OH excluding ortho intramolecular Hbond substituents is 1. The van der Waals surface area contributed by atoms with Gasteiger partial charge in [-0.05, 0) is 66.5 Å². The summed E-state index contributed by atoms with van der Waals surface area (Å²) >= 11 is 11.3. The first-order chi connectivity index (χ1) is 11.9. The Morgan fingerprint density at radius 3 is 2.68 bits per heavy atom. The Morgan fingerprint density at radius 1 is 1.12 bits per heavy atom. The number of anilines is 1. The zero-order valence-corrected chi connectivity index (χ0v) is 14.9. The highest BCUT2D eigenvalue weighted by atomic mass is 35.5. The van der Waals surface area contributed by atoms with Crippen LogP contribution in [-0.4, -0.2) is 16.1 Å². The number of amides is 1. The van der Waals surface area contributed by atoms with Gasteiger partial charge in [0.2, 0.25) is 0 Å². The van der Waals surface area contributed by atoms with Crippen molar-refractivity contribution < 1.29 is 9.90 Å². The predicted molar refractivity (Wildman–Crippen MR) is 105 cm³/mol. The number of hydrogen-bond donors (Lipinski definition) is 3. The molecule has 0 saturated heterocycles. The van der Waals surface area contributed by atoms with Crippen LogP contribution in [-0.2, 0) is 0 Å². The number of aryl methyl sites for hydroxylation is 1. The number of fused-ring (bicyclic) bond motifs is 1. The number of carbonyl (C=O) groups is 1. The molecule has 3 aromatic carbocycles. The van der Waals surface area contributed by atoms with E-state index in [9.17, 15) is 9.90 Å². The van der Waals surface area contributed by atoms with E-state index in [2.05, 4.69) is 10.6 Å². The van der Waals surface area contributed by atoms with Gasteiger partial charge in [-0.15, -0.1) is 0 Å². The lowest BCUT2D eigenvalue weighted by Crippen LogP contribution is -2.34. The van der Waals surface area contributed by atoms with Gasteiger partial charge in [-0.25, -0.2) is 0 Å². The van der Waals surface area contributed by atoms with E-state index < -0.39 is 0 Å². The molecule has 0 aliphatic heterocycles. The molecule has 0 aromatic heterocycles. The van der Waals surface area contributed by atoms with Gasteiger partial charge in [-0.2, -0.15) is 0 Å². The third-order valence-corrected chi connectivity index (χ3v) is 4.23. The van der Waals surface area contributed by atoms with Crippen LogP contribution in [0.25, 0.3) is 10.8 Å². The smallest absolute Gasteiger partial charge is 0.258 e. The van der Waals surface area contributed by atoms with Gasteiger partial charge in [0.05, 0.1) is 10.6 Å². The number of phenols is 1. The van der Waals surface area contributed by atoms with E-state index in [1.807, 2.05) is 31.2 Å². The maximum absolute atomic E-state index is 12.3. The molecular formula is C19H15ClN2O2S. The summed E-state index contributed by atoms with van der Waals surface area (Å²) in [4.78, 5) is 12.3. The lowest BCUT2D eigenvalue weighted by atomic mass is 10.1. The van der Waals surface area contributed by atoms with Crippen LogP contribution in [0.4, 0.5) is 5.69 Å². The van der Waals surface area contributed by atoms with Crippen molar-refractivity contribution in [1.29, 1.82) is 0 Å². The number of nitrogens with one attached hydrogen (secondary N) is 2. The first-order valence-corrected chi connectivity index (χ1v) is 8.33. The number of aromatic hydroxyl groups is 1. The van der Waals surface area contributed by atoms with E-state index in [0.717, 1.165) is 22.0 Å². The van der Waals surface area contributed by atoms with Gasteiger partial charge in [-0.1, -0.05) is 29.8 Å². The molecule has 0 atom stereocenters. The molecule has 0 aliphatic rings. The molecule has 0 heterocycles. The summed E-state index contributed by atoms with van der Waals surface area (Å²) in [6, 6.07) is 15.8. The third-order valence-electron chi connectivity index (χ3n) is 3.71. The van der Waals surface area contributed by atoms with Crippen molar-refractivity contribution in [2.45, 2.75) is 6.92 Å². The summed E-state index contributed by atoms with van der Waals surface area (Å²) in [7, 11) is 0. The van der Waals surface area contributed by atoms with Crippen LogP contribution in [0.1, 0.15) is 15.9 Å². The second-order valence-corrected chi connectivity index (χ2v) is 6.42. The van der Waals surface area contributed by atoms with Crippen molar-refractivity contribution in [2.75, 3.05) is 5.32 Å². The molecule has 25 heavy (non-hydrogen) atoms. The Hall–Kier alpha value is -2.63. The number of rotatable bonds is 2. The zero-order chi connectivity index (χ0) is 18.0. The highest BCUT2D eigenvalue weighted by Crippen LogP contribution is 2.26. The van der Waals surface area contributed by atoms with Gasteiger partial charge in [0.1, 0.15) is 5.75 Å². The number of carbonyl (C=O) groups excluding carboxylic acids is 1. The van der Waals surface area contributed by atoms with Crippen molar-refractivity contribution in [1.82, 2.24) is 5.32 Å². The number of hydrogen-bond acceptors (Lipinski definition) is 3. The molecule has 0 fully saturated rings. The van der Waals surface area contributed by atoms with E-state index >= 15 is 0 Å². The number of benzene rings is 3. The summed E-state index contributed by atoms with van der Waals surface area (Å²) in [6.07, 6.45) is 0. The quantitative estimate of drug-likeness (QED) is 0.575. The van der Waals surface area contributed by atoms with Crippen LogP contribution < -0.4 is 10.6 Å². The van der Waals surface area contributed by atoms with Gasteiger partial charge in [-0.3, -0.25) is 10.1 Å². The lowest BCUT2D eigenvalue weighted by molar-refractivity contribution is 0.0978. The summed E-state index contributed by atoms with van der Waals surface area (Å²) in [5, 5.41) is 17.5. The molecule has 4 nitrogen and oxygen atoms in total. The standard InChI is InChI=1S/C19H15ClN2O2S/c1-11-5-7-15(16(20)9-11)18(24)22-19(25)21-17-4-2-3-12-10-13(23)6-8-14(12)17/h2-10,23H,1H3,(H2,21,22,24,25). The van der Waals surface area contributed by atoms with Crippen molar-refractivity contribution in [3.05, 3.63) is 70.7 Å². The van der Waals surface area contributed by atoms with Gasteiger partial charge in [0, 0.05) is 11.1 Å². The van der Waals surface area contributed by atoms with Gasteiger partial charge < -0.3 is 10.4 Å². The second kappa shape index (κ2) is 7.09. The maximum atomic E-state index is 12.3. The first-order valence-electron chi connectivity index (χ1n) is 7.54. The zero-order valence-electron chi connectivity index (χ0n) is 13.3. The average molecular weight is 371 g/mol. The Labute approximate surface area is 155 Å². The molecule has 3 rings (SSSR count). The van der Waals surface area contributed by atoms with E-state index in [1.54, 1.807) is 30.3 Å². The van der Waals surface area contributed by atoms with Crippen LogP contribution in [0.5, 0.6) is 5.75 Å². The summed E-state index contributed by atoms with van der Waals surface area (Å²) in [6.45, 7) is 1.90. The molecule has 0 saturated carbocycles. The largest absolute Gasteiger partial charge is 0.508 e. The summed E-state index contributed by atoms with van der Waals surface area (Å²) in [5.74, 6) is -0.185. The minimum Gasteiger partial charge on any atom is -0.508 e. The Balaban J connectivity index is 1.78. The predicted octanol–water partition coefficient (Wildman–Crippen LogP) is 4.63. The molecule has 0 bridgehead atoms. The first kappa shape index (κ1) is 17.2. The minimum absolute atomic E-state index is 0.169. The van der Waals surface area contributed by atoms with Crippen LogP contribution in [0, 0.1) is 6.92 Å². The van der Waals surface area contributed by atoms with Gasteiger partial charge in [0.25, 0.3) is 5.91 Å². The van der Waals surface area contributed by atoms with Crippen LogP contribution >= 0.6 is 23.8 Å². The average Bonchev–Trinajstić information content (AvgIpc) is 2.54. The summed E-state index contributed by atoms with van der Waals surface area (Å²) in [5.41, 5.74) is 2.07. The molecule has 126 valence electrons. The van der Waals surface area contributed by atoms with Crippen LogP contribution in [0.3, 0.4) is 0 Å². The fourth-order valence-corrected chi connectivity index (χ4v) is 3.03. The monoisotopic (exact) mass is 370 g/mol. The molecule has 0 radical (unpaired) electrons.